The molecule has 1 aliphatic rings. The second-order valence-corrected chi connectivity index (χ2v) is 5.54. The largest absolute Gasteiger partial charge is 0.374 e. The molecular weight excluding hydrogens is 246 g/mol. The number of rotatable bonds is 4. The van der Waals surface area contributed by atoms with Crippen LogP contribution in [0.5, 0.6) is 0 Å². The van der Waals surface area contributed by atoms with Gasteiger partial charge in [-0.1, -0.05) is 12.1 Å². The zero-order valence-electron chi connectivity index (χ0n) is 12.2. The lowest BCUT2D eigenvalue weighted by Crippen LogP contribution is -2.14. The molecule has 0 saturated heterocycles. The number of likely N-dealkylation sites (N-methyl/N-ethyl adjacent to an activating group) is 1. The summed E-state index contributed by atoms with van der Waals surface area (Å²) in [7, 11) is 2.16. The zero-order valence-corrected chi connectivity index (χ0v) is 12.2. The van der Waals surface area contributed by atoms with E-state index in [0.29, 0.717) is 0 Å². The first-order valence-electron chi connectivity index (χ1n) is 7.17. The Morgan fingerprint density at radius 2 is 2.15 bits per heavy atom. The standard InChI is InChI=1S/C17H21N3/c1-13-5-7-18-11-16(13)12-19-10-14-3-4-17-15(9-14)6-8-20(17)2/h3-5,7,9,11,19H,6,8,10,12H2,1-2H3. The lowest BCUT2D eigenvalue weighted by atomic mass is 10.1. The Bertz CT molecular complexity index is 607. The van der Waals surface area contributed by atoms with Crippen molar-refractivity contribution in [3.05, 3.63) is 58.9 Å². The van der Waals surface area contributed by atoms with Crippen molar-refractivity contribution in [3.63, 3.8) is 0 Å². The fraction of sp³-hybridized carbons (Fsp3) is 0.353. The van der Waals surface area contributed by atoms with Gasteiger partial charge in [0.25, 0.3) is 0 Å². The molecular formula is C17H21N3. The molecule has 0 atom stereocenters. The third-order valence-corrected chi connectivity index (χ3v) is 4.06. The van der Waals surface area contributed by atoms with Gasteiger partial charge in [0.1, 0.15) is 0 Å². The van der Waals surface area contributed by atoms with Crippen LogP contribution in [0.2, 0.25) is 0 Å². The van der Waals surface area contributed by atoms with E-state index >= 15 is 0 Å². The average molecular weight is 267 g/mol. The van der Waals surface area contributed by atoms with Crippen molar-refractivity contribution < 1.29 is 0 Å². The molecule has 0 aliphatic carbocycles. The number of nitrogens with zero attached hydrogens (tertiary/aromatic N) is 2. The van der Waals surface area contributed by atoms with Gasteiger partial charge in [-0.25, -0.2) is 0 Å². The smallest absolute Gasteiger partial charge is 0.0397 e. The summed E-state index contributed by atoms with van der Waals surface area (Å²) in [5, 5.41) is 3.51. The minimum Gasteiger partial charge on any atom is -0.374 e. The number of fused-ring (bicyclic) bond motifs is 1. The topological polar surface area (TPSA) is 28.2 Å². The van der Waals surface area contributed by atoms with Gasteiger partial charge in [0.05, 0.1) is 0 Å². The van der Waals surface area contributed by atoms with E-state index in [1.54, 1.807) is 0 Å². The van der Waals surface area contributed by atoms with Gasteiger partial charge in [-0.3, -0.25) is 4.98 Å². The van der Waals surface area contributed by atoms with Gasteiger partial charge in [0.15, 0.2) is 0 Å². The normalized spacial score (nSPS) is 13.6. The molecule has 0 saturated carbocycles. The molecule has 20 heavy (non-hydrogen) atoms. The molecule has 2 aromatic rings. The third-order valence-electron chi connectivity index (χ3n) is 4.06. The number of hydrogen-bond donors (Lipinski definition) is 1. The molecule has 1 N–H and O–H groups in total. The van der Waals surface area contributed by atoms with Crippen LogP contribution in [-0.2, 0) is 19.5 Å². The zero-order chi connectivity index (χ0) is 13.9. The van der Waals surface area contributed by atoms with Gasteiger partial charge in [0, 0.05) is 44.8 Å². The quantitative estimate of drug-likeness (QED) is 0.923. The molecule has 0 amide bonds. The molecule has 0 unspecified atom stereocenters. The van der Waals surface area contributed by atoms with Crippen LogP contribution < -0.4 is 10.2 Å². The van der Waals surface area contributed by atoms with E-state index in [1.807, 2.05) is 12.4 Å². The van der Waals surface area contributed by atoms with Gasteiger partial charge < -0.3 is 10.2 Å². The minimum atomic E-state index is 0.872. The number of aryl methyl sites for hydroxylation is 1. The van der Waals surface area contributed by atoms with E-state index in [9.17, 15) is 0 Å². The second kappa shape index (κ2) is 5.63. The number of pyridine rings is 1. The van der Waals surface area contributed by atoms with Crippen molar-refractivity contribution in [1.29, 1.82) is 0 Å². The monoisotopic (exact) mass is 267 g/mol. The van der Waals surface area contributed by atoms with Crippen molar-refractivity contribution in [2.24, 2.45) is 0 Å². The van der Waals surface area contributed by atoms with Crippen LogP contribution in [0.25, 0.3) is 0 Å². The summed E-state index contributed by atoms with van der Waals surface area (Å²) < 4.78 is 0. The number of hydrogen-bond acceptors (Lipinski definition) is 3. The molecule has 0 bridgehead atoms. The summed E-state index contributed by atoms with van der Waals surface area (Å²) in [6.45, 7) is 5.05. The number of nitrogens with one attached hydrogen (secondary N) is 1. The van der Waals surface area contributed by atoms with Crippen molar-refractivity contribution in [1.82, 2.24) is 10.3 Å². The van der Waals surface area contributed by atoms with Crippen LogP contribution in [0.3, 0.4) is 0 Å². The van der Waals surface area contributed by atoms with E-state index < -0.39 is 0 Å². The predicted molar refractivity (Wildman–Crippen MR) is 82.9 cm³/mol. The summed E-state index contributed by atoms with van der Waals surface area (Å²) in [4.78, 5) is 6.51. The second-order valence-electron chi connectivity index (χ2n) is 5.54. The summed E-state index contributed by atoms with van der Waals surface area (Å²) in [6.07, 6.45) is 4.96. The summed E-state index contributed by atoms with van der Waals surface area (Å²) in [5.74, 6) is 0. The van der Waals surface area contributed by atoms with Crippen molar-refractivity contribution in [3.8, 4) is 0 Å². The first-order chi connectivity index (χ1) is 9.74. The van der Waals surface area contributed by atoms with E-state index in [-0.39, 0.29) is 0 Å². The van der Waals surface area contributed by atoms with E-state index in [2.05, 4.69) is 53.4 Å². The van der Waals surface area contributed by atoms with Crippen LogP contribution in [0, 0.1) is 6.92 Å². The van der Waals surface area contributed by atoms with Crippen LogP contribution in [0.1, 0.15) is 22.3 Å². The summed E-state index contributed by atoms with van der Waals surface area (Å²) in [6, 6.07) is 8.86. The lowest BCUT2D eigenvalue weighted by Gasteiger charge is -2.12. The maximum absolute atomic E-state index is 4.18. The van der Waals surface area contributed by atoms with E-state index in [1.165, 1.54) is 34.4 Å². The lowest BCUT2D eigenvalue weighted by molar-refractivity contribution is 0.688. The fourth-order valence-corrected chi connectivity index (χ4v) is 2.75. The molecule has 3 nitrogen and oxygen atoms in total. The number of aromatic nitrogens is 1. The Labute approximate surface area is 120 Å². The highest BCUT2D eigenvalue weighted by atomic mass is 15.1. The molecule has 0 spiro atoms. The Kier molecular flexibility index (Phi) is 3.70. The minimum absolute atomic E-state index is 0.872. The maximum atomic E-state index is 4.18. The van der Waals surface area contributed by atoms with E-state index in [4.69, 9.17) is 0 Å². The average Bonchev–Trinajstić information content (AvgIpc) is 2.82. The number of anilines is 1. The summed E-state index contributed by atoms with van der Waals surface area (Å²) >= 11 is 0. The molecule has 0 fully saturated rings. The Morgan fingerprint density at radius 1 is 1.25 bits per heavy atom. The van der Waals surface area contributed by atoms with Crippen LogP contribution in [0.4, 0.5) is 5.69 Å². The Morgan fingerprint density at radius 3 is 3.00 bits per heavy atom. The first-order valence-corrected chi connectivity index (χ1v) is 7.17. The van der Waals surface area contributed by atoms with Crippen LogP contribution in [-0.4, -0.2) is 18.6 Å². The Balaban J connectivity index is 1.61. The molecule has 1 aromatic heterocycles. The van der Waals surface area contributed by atoms with Gasteiger partial charge in [0.2, 0.25) is 0 Å². The van der Waals surface area contributed by atoms with Gasteiger partial charge in [-0.2, -0.15) is 0 Å². The third kappa shape index (κ3) is 2.68. The molecule has 3 rings (SSSR count). The fourth-order valence-electron chi connectivity index (χ4n) is 2.75. The van der Waals surface area contributed by atoms with Gasteiger partial charge >= 0.3 is 0 Å². The summed E-state index contributed by atoms with van der Waals surface area (Å²) in [5.41, 5.74) is 6.79. The molecule has 2 heterocycles. The van der Waals surface area contributed by atoms with Gasteiger partial charge in [-0.05, 0) is 47.7 Å². The SMILES string of the molecule is Cc1ccncc1CNCc1ccc2c(c1)CCN2C. The van der Waals surface area contributed by atoms with Crippen molar-refractivity contribution >= 4 is 5.69 Å². The molecule has 3 heteroatoms. The van der Waals surface area contributed by atoms with Crippen LogP contribution in [0.15, 0.2) is 36.7 Å². The highest BCUT2D eigenvalue weighted by Gasteiger charge is 2.15. The van der Waals surface area contributed by atoms with Crippen LogP contribution >= 0.6 is 0 Å². The predicted octanol–water partition coefficient (Wildman–Crippen LogP) is 2.67. The highest BCUT2D eigenvalue weighted by molar-refractivity contribution is 5.58. The van der Waals surface area contributed by atoms with Crippen molar-refractivity contribution in [2.75, 3.05) is 18.5 Å². The maximum Gasteiger partial charge on any atom is 0.0397 e. The molecule has 1 aliphatic heterocycles. The van der Waals surface area contributed by atoms with E-state index in [0.717, 1.165) is 19.6 Å². The van der Waals surface area contributed by atoms with Crippen molar-refractivity contribution in [2.45, 2.75) is 26.4 Å². The number of benzene rings is 1. The first kappa shape index (κ1) is 13.1. The molecule has 104 valence electrons. The highest BCUT2D eigenvalue weighted by Crippen LogP contribution is 2.27. The molecule has 1 aromatic carbocycles. The van der Waals surface area contributed by atoms with Gasteiger partial charge in [-0.15, -0.1) is 0 Å². The Hall–Kier alpha value is -1.87. The molecule has 0 radical (unpaired) electrons.